The molecule has 1 amide bonds. The summed E-state index contributed by atoms with van der Waals surface area (Å²) < 4.78 is 12.0. The lowest BCUT2D eigenvalue weighted by Gasteiger charge is -2.33. The average molecular weight is 386 g/mol. The number of aliphatic hydroxyl groups is 1. The molecular weight excluding hydrogens is 354 g/mol. The van der Waals surface area contributed by atoms with E-state index < -0.39 is 6.29 Å². The van der Waals surface area contributed by atoms with Crippen molar-refractivity contribution in [3.05, 3.63) is 47.2 Å². The molecule has 2 atom stereocenters. The molecule has 5 heteroatoms. The third-order valence-corrected chi connectivity index (χ3v) is 6.40. The molecule has 5 nitrogen and oxygen atoms in total. The standard InChI is InChI=1S/C23H31NO4/c25-14-16-8-10-17(11-9-16)15-27-22-13-19(18-4-1-2-5-18)12-21(28-22)23(26)24-20-6-3-7-20/h8-12,18-20,22,25H,1-7,13-15H2,(H,24,26)/t19-,22+/m1/s1. The van der Waals surface area contributed by atoms with Crippen LogP contribution in [0.4, 0.5) is 0 Å². The summed E-state index contributed by atoms with van der Waals surface area (Å²) in [4.78, 5) is 12.7. The van der Waals surface area contributed by atoms with Gasteiger partial charge in [-0.2, -0.15) is 0 Å². The lowest BCUT2D eigenvalue weighted by molar-refractivity contribution is -0.155. The third-order valence-electron chi connectivity index (χ3n) is 6.40. The fourth-order valence-corrected chi connectivity index (χ4v) is 4.40. The zero-order valence-corrected chi connectivity index (χ0v) is 16.4. The van der Waals surface area contributed by atoms with Gasteiger partial charge in [-0.3, -0.25) is 4.79 Å². The average Bonchev–Trinajstić information content (AvgIpc) is 3.24. The number of hydrogen-bond donors (Lipinski definition) is 2. The van der Waals surface area contributed by atoms with Crippen molar-refractivity contribution in [2.75, 3.05) is 0 Å². The van der Waals surface area contributed by atoms with E-state index in [0.29, 0.717) is 30.2 Å². The van der Waals surface area contributed by atoms with Gasteiger partial charge in [-0.15, -0.1) is 0 Å². The molecule has 2 N–H and O–H groups in total. The summed E-state index contributed by atoms with van der Waals surface area (Å²) in [5, 5.41) is 12.3. The highest BCUT2D eigenvalue weighted by Gasteiger charge is 2.34. The lowest BCUT2D eigenvalue weighted by Crippen LogP contribution is -2.42. The van der Waals surface area contributed by atoms with Gasteiger partial charge in [0.15, 0.2) is 5.76 Å². The van der Waals surface area contributed by atoms with Crippen LogP contribution in [0.25, 0.3) is 0 Å². The van der Waals surface area contributed by atoms with Crippen LogP contribution in [0.1, 0.15) is 62.5 Å². The Morgan fingerprint density at radius 1 is 1.07 bits per heavy atom. The lowest BCUT2D eigenvalue weighted by atomic mass is 9.86. The summed E-state index contributed by atoms with van der Waals surface area (Å²) in [6.07, 6.45) is 10.8. The highest BCUT2D eigenvalue weighted by atomic mass is 16.7. The normalized spacial score (nSPS) is 25.7. The Morgan fingerprint density at radius 2 is 1.79 bits per heavy atom. The van der Waals surface area contributed by atoms with E-state index in [4.69, 9.17) is 14.6 Å². The smallest absolute Gasteiger partial charge is 0.286 e. The van der Waals surface area contributed by atoms with Gasteiger partial charge in [-0.05, 0) is 61.1 Å². The summed E-state index contributed by atoms with van der Waals surface area (Å²) in [6.45, 7) is 0.478. The van der Waals surface area contributed by atoms with Crippen LogP contribution in [0.3, 0.4) is 0 Å². The van der Waals surface area contributed by atoms with Crippen molar-refractivity contribution in [3.63, 3.8) is 0 Å². The predicted octanol–water partition coefficient (Wildman–Crippen LogP) is 3.80. The molecule has 2 fully saturated rings. The number of rotatable bonds is 7. The molecule has 4 rings (SSSR count). The van der Waals surface area contributed by atoms with Crippen LogP contribution >= 0.6 is 0 Å². The van der Waals surface area contributed by atoms with Crippen molar-refractivity contribution in [2.24, 2.45) is 11.8 Å². The second kappa shape index (κ2) is 9.10. The molecule has 0 radical (unpaired) electrons. The van der Waals surface area contributed by atoms with E-state index in [9.17, 15) is 4.79 Å². The van der Waals surface area contributed by atoms with E-state index >= 15 is 0 Å². The molecule has 0 bridgehead atoms. The molecule has 0 aromatic heterocycles. The summed E-state index contributed by atoms with van der Waals surface area (Å²) >= 11 is 0. The van der Waals surface area contributed by atoms with Crippen LogP contribution in [0.15, 0.2) is 36.1 Å². The molecule has 1 aromatic carbocycles. The first kappa shape index (κ1) is 19.5. The van der Waals surface area contributed by atoms with E-state index in [-0.39, 0.29) is 12.5 Å². The van der Waals surface area contributed by atoms with Crippen molar-refractivity contribution in [1.82, 2.24) is 5.32 Å². The Kier molecular flexibility index (Phi) is 6.33. The minimum Gasteiger partial charge on any atom is -0.459 e. The van der Waals surface area contributed by atoms with Gasteiger partial charge in [0, 0.05) is 12.5 Å². The molecule has 2 saturated carbocycles. The van der Waals surface area contributed by atoms with Crippen molar-refractivity contribution in [3.8, 4) is 0 Å². The number of allylic oxidation sites excluding steroid dienone is 1. The monoisotopic (exact) mass is 385 g/mol. The first-order valence-corrected chi connectivity index (χ1v) is 10.7. The van der Waals surface area contributed by atoms with Gasteiger partial charge in [0.1, 0.15) is 0 Å². The van der Waals surface area contributed by atoms with Crippen LogP contribution in [0.5, 0.6) is 0 Å². The van der Waals surface area contributed by atoms with Gasteiger partial charge in [-0.25, -0.2) is 0 Å². The molecule has 152 valence electrons. The molecule has 1 aromatic rings. The first-order valence-electron chi connectivity index (χ1n) is 10.7. The van der Waals surface area contributed by atoms with Crippen molar-refractivity contribution >= 4 is 5.91 Å². The SMILES string of the molecule is O=C(NC1CCC1)C1=C[C@@H](C2CCCC2)C[C@@H](OCc2ccc(CO)cc2)O1. The second-order valence-corrected chi connectivity index (χ2v) is 8.41. The Labute approximate surface area is 167 Å². The van der Waals surface area contributed by atoms with E-state index in [1.54, 1.807) is 0 Å². The number of benzene rings is 1. The van der Waals surface area contributed by atoms with Gasteiger partial charge in [-0.1, -0.05) is 37.1 Å². The molecule has 1 aliphatic heterocycles. The van der Waals surface area contributed by atoms with Gasteiger partial charge >= 0.3 is 0 Å². The van der Waals surface area contributed by atoms with Crippen LogP contribution in [0.2, 0.25) is 0 Å². The summed E-state index contributed by atoms with van der Waals surface area (Å²) in [5.41, 5.74) is 1.92. The zero-order valence-electron chi connectivity index (χ0n) is 16.4. The number of carbonyl (C=O) groups is 1. The van der Waals surface area contributed by atoms with Gasteiger partial charge in [0.25, 0.3) is 5.91 Å². The van der Waals surface area contributed by atoms with Gasteiger partial charge < -0.3 is 19.9 Å². The maximum Gasteiger partial charge on any atom is 0.286 e. The fraction of sp³-hybridized carbons (Fsp3) is 0.609. The van der Waals surface area contributed by atoms with Crippen LogP contribution in [-0.4, -0.2) is 23.3 Å². The number of nitrogens with one attached hydrogen (secondary N) is 1. The summed E-state index contributed by atoms with van der Waals surface area (Å²) in [6, 6.07) is 8.03. The van der Waals surface area contributed by atoms with Gasteiger partial charge in [0.2, 0.25) is 6.29 Å². The van der Waals surface area contributed by atoms with Crippen molar-refractivity contribution in [1.29, 1.82) is 0 Å². The quantitative estimate of drug-likeness (QED) is 0.749. The van der Waals surface area contributed by atoms with Crippen molar-refractivity contribution in [2.45, 2.75) is 76.9 Å². The van der Waals surface area contributed by atoms with E-state index in [1.165, 1.54) is 32.1 Å². The van der Waals surface area contributed by atoms with E-state index in [0.717, 1.165) is 30.4 Å². The Hall–Kier alpha value is -1.85. The number of hydrogen-bond acceptors (Lipinski definition) is 4. The highest BCUT2D eigenvalue weighted by Crippen LogP contribution is 2.38. The number of amides is 1. The Balaban J connectivity index is 1.39. The number of carbonyl (C=O) groups excluding carboxylic acids is 1. The second-order valence-electron chi connectivity index (χ2n) is 8.41. The number of aliphatic hydroxyl groups excluding tert-OH is 1. The zero-order chi connectivity index (χ0) is 19.3. The molecule has 3 aliphatic rings. The van der Waals surface area contributed by atoms with Gasteiger partial charge in [0.05, 0.1) is 13.2 Å². The third kappa shape index (κ3) is 4.76. The van der Waals surface area contributed by atoms with Crippen molar-refractivity contribution < 1.29 is 19.4 Å². The summed E-state index contributed by atoms with van der Waals surface area (Å²) in [5.74, 6) is 1.33. The number of ether oxygens (including phenoxy) is 2. The Bertz CT molecular complexity index is 689. The molecule has 28 heavy (non-hydrogen) atoms. The van der Waals surface area contributed by atoms with E-state index in [2.05, 4.69) is 11.4 Å². The molecule has 1 heterocycles. The van der Waals surface area contributed by atoms with Crippen LogP contribution in [0, 0.1) is 11.8 Å². The Morgan fingerprint density at radius 3 is 2.43 bits per heavy atom. The topological polar surface area (TPSA) is 67.8 Å². The maximum atomic E-state index is 12.7. The first-order chi connectivity index (χ1) is 13.7. The molecule has 0 spiro atoms. The highest BCUT2D eigenvalue weighted by molar-refractivity contribution is 5.91. The molecule has 2 aliphatic carbocycles. The minimum atomic E-state index is -0.393. The largest absolute Gasteiger partial charge is 0.459 e. The predicted molar refractivity (Wildman–Crippen MR) is 106 cm³/mol. The van der Waals surface area contributed by atoms with E-state index in [1.807, 2.05) is 24.3 Å². The minimum absolute atomic E-state index is 0.0419. The molecule has 0 saturated heterocycles. The maximum absolute atomic E-state index is 12.7. The van der Waals surface area contributed by atoms with Crippen LogP contribution in [-0.2, 0) is 27.5 Å². The summed E-state index contributed by atoms with van der Waals surface area (Å²) in [7, 11) is 0. The molecule has 0 unspecified atom stereocenters. The fourth-order valence-electron chi connectivity index (χ4n) is 4.40. The van der Waals surface area contributed by atoms with Crippen LogP contribution < -0.4 is 5.32 Å². The molecular formula is C23H31NO4.